The Morgan fingerprint density at radius 1 is 1.08 bits per heavy atom. The van der Waals surface area contributed by atoms with Gasteiger partial charge in [-0.25, -0.2) is 9.97 Å². The Labute approximate surface area is 153 Å². The van der Waals surface area contributed by atoms with E-state index in [-0.39, 0.29) is 5.91 Å². The number of aromatic nitrogens is 2. The monoisotopic (exact) mass is 346 g/mol. The number of aryl methyl sites for hydroxylation is 2. The minimum atomic E-state index is -0.132. The molecule has 0 aliphatic carbocycles. The predicted molar refractivity (Wildman–Crippen MR) is 105 cm³/mol. The van der Waals surface area contributed by atoms with Crippen molar-refractivity contribution >= 4 is 28.3 Å². The summed E-state index contributed by atoms with van der Waals surface area (Å²) in [7, 11) is 0. The number of rotatable bonds is 3. The third-order valence-electron chi connectivity index (χ3n) is 5.05. The number of anilines is 2. The van der Waals surface area contributed by atoms with Crippen molar-refractivity contribution in [3.8, 4) is 0 Å². The number of benzene rings is 2. The number of likely N-dealkylation sites (N-methyl/N-ethyl adjacent to an activating group) is 1. The van der Waals surface area contributed by atoms with Crippen LogP contribution in [0.5, 0.6) is 0 Å². The first-order chi connectivity index (χ1) is 12.5. The molecular weight excluding hydrogens is 324 g/mol. The second-order valence-corrected chi connectivity index (χ2v) is 6.73. The third kappa shape index (κ3) is 2.90. The van der Waals surface area contributed by atoms with E-state index in [4.69, 9.17) is 0 Å². The summed E-state index contributed by atoms with van der Waals surface area (Å²) in [5.41, 5.74) is 7.31. The highest BCUT2D eigenvalue weighted by Crippen LogP contribution is 2.30. The minimum absolute atomic E-state index is 0.132. The molecule has 5 nitrogen and oxygen atoms in total. The van der Waals surface area contributed by atoms with E-state index in [2.05, 4.69) is 39.2 Å². The molecule has 0 saturated carbocycles. The van der Waals surface area contributed by atoms with Crippen LogP contribution in [0, 0.1) is 13.8 Å². The van der Waals surface area contributed by atoms with Crippen LogP contribution >= 0.6 is 0 Å². The molecule has 2 heterocycles. The molecule has 1 N–H and O–H groups in total. The maximum Gasteiger partial charge on any atom is 0.255 e. The molecule has 0 atom stereocenters. The van der Waals surface area contributed by atoms with Gasteiger partial charge in [0.15, 0.2) is 0 Å². The third-order valence-corrected chi connectivity index (χ3v) is 5.05. The van der Waals surface area contributed by atoms with Gasteiger partial charge >= 0.3 is 0 Å². The van der Waals surface area contributed by atoms with Crippen LogP contribution in [-0.2, 0) is 6.42 Å². The Bertz CT molecular complexity index is 1010. The van der Waals surface area contributed by atoms with Crippen molar-refractivity contribution in [2.24, 2.45) is 0 Å². The molecule has 0 radical (unpaired) electrons. The van der Waals surface area contributed by atoms with Gasteiger partial charge in [-0.05, 0) is 63.1 Å². The van der Waals surface area contributed by atoms with E-state index in [9.17, 15) is 4.79 Å². The topological polar surface area (TPSA) is 58.1 Å². The number of amides is 1. The van der Waals surface area contributed by atoms with Crippen LogP contribution in [0.15, 0.2) is 36.4 Å². The first-order valence-electron chi connectivity index (χ1n) is 8.99. The molecule has 1 aliphatic rings. The molecule has 0 fully saturated rings. The van der Waals surface area contributed by atoms with Crippen molar-refractivity contribution < 1.29 is 4.79 Å². The van der Waals surface area contributed by atoms with E-state index in [1.165, 1.54) is 11.3 Å². The van der Waals surface area contributed by atoms with Gasteiger partial charge in [-0.15, -0.1) is 0 Å². The fourth-order valence-electron chi connectivity index (χ4n) is 3.43. The summed E-state index contributed by atoms with van der Waals surface area (Å²) in [6, 6.07) is 11.6. The number of fused-ring (bicyclic) bond motifs is 2. The zero-order valence-electron chi connectivity index (χ0n) is 15.3. The van der Waals surface area contributed by atoms with E-state index >= 15 is 0 Å². The Kier molecular flexibility index (Phi) is 4.07. The van der Waals surface area contributed by atoms with Crippen LogP contribution < -0.4 is 10.2 Å². The molecule has 1 aliphatic heterocycles. The fraction of sp³-hybridized carbons (Fsp3) is 0.286. The first-order valence-corrected chi connectivity index (χ1v) is 8.99. The van der Waals surface area contributed by atoms with Crippen LogP contribution in [0.4, 0.5) is 11.4 Å². The molecule has 0 bridgehead atoms. The summed E-state index contributed by atoms with van der Waals surface area (Å²) in [5, 5.41) is 3.01. The number of carbonyl (C=O) groups is 1. The molecule has 4 rings (SSSR count). The van der Waals surface area contributed by atoms with Crippen molar-refractivity contribution in [1.82, 2.24) is 9.97 Å². The van der Waals surface area contributed by atoms with E-state index in [1.807, 2.05) is 26.0 Å². The molecule has 3 aromatic rings. The van der Waals surface area contributed by atoms with Crippen LogP contribution in [0.1, 0.15) is 34.2 Å². The van der Waals surface area contributed by atoms with E-state index in [0.717, 1.165) is 47.6 Å². The molecule has 0 unspecified atom stereocenters. The Balaban J connectivity index is 1.61. The van der Waals surface area contributed by atoms with Crippen molar-refractivity contribution in [3.63, 3.8) is 0 Å². The van der Waals surface area contributed by atoms with Gasteiger partial charge in [-0.1, -0.05) is 6.07 Å². The zero-order chi connectivity index (χ0) is 18.3. The molecule has 1 aromatic heterocycles. The van der Waals surface area contributed by atoms with Crippen LogP contribution in [0.3, 0.4) is 0 Å². The summed E-state index contributed by atoms with van der Waals surface area (Å²) >= 11 is 0. The van der Waals surface area contributed by atoms with E-state index in [1.54, 1.807) is 12.1 Å². The number of hydrogen-bond donors (Lipinski definition) is 1. The molecular formula is C21H22N4O. The quantitative estimate of drug-likeness (QED) is 0.782. The molecule has 0 saturated heterocycles. The predicted octanol–water partition coefficient (Wildman–Crippen LogP) is 3.88. The Hall–Kier alpha value is -2.95. The maximum absolute atomic E-state index is 12.7. The summed E-state index contributed by atoms with van der Waals surface area (Å²) in [5.74, 6) is -0.132. The molecule has 1 amide bonds. The molecule has 26 heavy (non-hydrogen) atoms. The normalized spacial score (nSPS) is 13.1. The van der Waals surface area contributed by atoms with Crippen molar-refractivity contribution in [2.45, 2.75) is 27.2 Å². The smallest absolute Gasteiger partial charge is 0.255 e. The van der Waals surface area contributed by atoms with E-state index < -0.39 is 0 Å². The highest BCUT2D eigenvalue weighted by molar-refractivity contribution is 6.06. The number of hydrogen-bond acceptors (Lipinski definition) is 4. The van der Waals surface area contributed by atoms with Crippen molar-refractivity contribution in [2.75, 3.05) is 23.3 Å². The highest BCUT2D eigenvalue weighted by atomic mass is 16.1. The van der Waals surface area contributed by atoms with Crippen molar-refractivity contribution in [3.05, 3.63) is 58.9 Å². The van der Waals surface area contributed by atoms with Gasteiger partial charge in [0, 0.05) is 30.0 Å². The fourth-order valence-corrected chi connectivity index (χ4v) is 3.43. The zero-order valence-corrected chi connectivity index (χ0v) is 15.3. The lowest BCUT2D eigenvalue weighted by Crippen LogP contribution is -2.19. The number of nitrogens with one attached hydrogen (secondary N) is 1. The lowest BCUT2D eigenvalue weighted by molar-refractivity contribution is 0.102. The standard InChI is InChI=1S/C21H22N4O/c1-4-25-10-9-15-5-7-17(12-20(15)25)24-21(26)16-6-8-18-19(11-16)23-14(3)13(2)22-18/h5-8,11-12H,4,9-10H2,1-3H3,(H,24,26). The molecule has 2 aromatic carbocycles. The lowest BCUT2D eigenvalue weighted by atomic mass is 10.1. The second kappa shape index (κ2) is 6.41. The average molecular weight is 346 g/mol. The summed E-state index contributed by atoms with van der Waals surface area (Å²) in [4.78, 5) is 24.1. The van der Waals surface area contributed by atoms with Crippen LogP contribution in [0.2, 0.25) is 0 Å². The summed E-state index contributed by atoms with van der Waals surface area (Å²) < 4.78 is 0. The molecule has 5 heteroatoms. The highest BCUT2D eigenvalue weighted by Gasteiger charge is 2.18. The SMILES string of the molecule is CCN1CCc2ccc(NC(=O)c3ccc4nc(C)c(C)nc4c3)cc21. The Morgan fingerprint density at radius 3 is 2.62 bits per heavy atom. The molecule has 0 spiro atoms. The summed E-state index contributed by atoms with van der Waals surface area (Å²) in [6.07, 6.45) is 1.07. The van der Waals surface area contributed by atoms with Crippen LogP contribution in [-0.4, -0.2) is 29.0 Å². The van der Waals surface area contributed by atoms with Gasteiger partial charge in [-0.3, -0.25) is 4.79 Å². The average Bonchev–Trinajstić information content (AvgIpc) is 3.04. The van der Waals surface area contributed by atoms with Gasteiger partial charge in [0.05, 0.1) is 22.4 Å². The molecule has 132 valence electrons. The second-order valence-electron chi connectivity index (χ2n) is 6.73. The van der Waals surface area contributed by atoms with Gasteiger partial charge in [0.2, 0.25) is 0 Å². The van der Waals surface area contributed by atoms with Gasteiger partial charge in [-0.2, -0.15) is 0 Å². The van der Waals surface area contributed by atoms with Crippen molar-refractivity contribution in [1.29, 1.82) is 0 Å². The van der Waals surface area contributed by atoms with Gasteiger partial charge in [0.1, 0.15) is 0 Å². The first kappa shape index (κ1) is 16.5. The van der Waals surface area contributed by atoms with Gasteiger partial charge in [0.25, 0.3) is 5.91 Å². The summed E-state index contributed by atoms with van der Waals surface area (Å²) in [6.45, 7) is 8.05. The minimum Gasteiger partial charge on any atom is -0.371 e. The maximum atomic E-state index is 12.7. The van der Waals surface area contributed by atoms with E-state index in [0.29, 0.717) is 5.56 Å². The number of nitrogens with zero attached hydrogens (tertiary/aromatic N) is 3. The number of carbonyl (C=O) groups excluding carboxylic acids is 1. The van der Waals surface area contributed by atoms with Crippen LogP contribution in [0.25, 0.3) is 11.0 Å². The largest absolute Gasteiger partial charge is 0.371 e. The Morgan fingerprint density at radius 2 is 1.85 bits per heavy atom. The van der Waals surface area contributed by atoms with Gasteiger partial charge < -0.3 is 10.2 Å². The lowest BCUT2D eigenvalue weighted by Gasteiger charge is -2.17.